The Morgan fingerprint density at radius 2 is 2.00 bits per heavy atom. The smallest absolute Gasteiger partial charge is 0.226 e. The second-order valence-corrected chi connectivity index (χ2v) is 7.68. The van der Waals surface area contributed by atoms with Crippen molar-refractivity contribution in [3.05, 3.63) is 65.2 Å². The normalized spacial score (nSPS) is 18.4. The number of ether oxygens (including phenoxy) is 1. The van der Waals surface area contributed by atoms with E-state index in [-0.39, 0.29) is 17.9 Å². The average molecular weight is 378 g/mol. The van der Waals surface area contributed by atoms with E-state index in [0.29, 0.717) is 13.1 Å². The number of oxime groups is 1. The van der Waals surface area contributed by atoms with Crippen LogP contribution in [0.5, 0.6) is 5.75 Å². The molecule has 2 aromatic carbocycles. The van der Waals surface area contributed by atoms with Crippen LogP contribution in [0, 0.1) is 12.8 Å². The Balaban J connectivity index is 1.43. The van der Waals surface area contributed by atoms with Crippen LogP contribution >= 0.6 is 0 Å². The number of benzene rings is 2. The van der Waals surface area contributed by atoms with Crippen LogP contribution in [-0.4, -0.2) is 36.3 Å². The molecular formula is C23H26N2O3. The maximum Gasteiger partial charge on any atom is 0.226 e. The molecule has 28 heavy (non-hydrogen) atoms. The summed E-state index contributed by atoms with van der Waals surface area (Å²) < 4.78 is 5.32. The van der Waals surface area contributed by atoms with Gasteiger partial charge >= 0.3 is 0 Å². The summed E-state index contributed by atoms with van der Waals surface area (Å²) in [4.78, 5) is 20.4. The van der Waals surface area contributed by atoms with Crippen LogP contribution in [0.25, 0.3) is 0 Å². The lowest BCUT2D eigenvalue weighted by Gasteiger charge is -2.25. The standard InChI is InChI=1S/C23H26N2O3/c1-16-6-8-18(9-7-16)22-13-21(28-24-22)15-25(23(26)19-10-11-19)14-17-4-3-5-20(12-17)27-2/h3-9,12,19,21H,10-11,13-15H2,1-2H3/t21-/m0/s1. The highest BCUT2D eigenvalue weighted by Crippen LogP contribution is 2.32. The summed E-state index contributed by atoms with van der Waals surface area (Å²) in [6, 6.07) is 16.2. The van der Waals surface area contributed by atoms with Crippen LogP contribution in [-0.2, 0) is 16.2 Å². The summed E-state index contributed by atoms with van der Waals surface area (Å²) in [7, 11) is 1.66. The van der Waals surface area contributed by atoms with Crippen LogP contribution in [0.2, 0.25) is 0 Å². The molecule has 1 aliphatic heterocycles. The Labute approximate surface area is 165 Å². The molecule has 5 nitrogen and oxygen atoms in total. The molecule has 0 N–H and O–H groups in total. The number of hydrogen-bond donors (Lipinski definition) is 0. The first-order valence-corrected chi connectivity index (χ1v) is 9.84. The molecule has 1 saturated carbocycles. The van der Waals surface area contributed by atoms with E-state index in [2.05, 4.69) is 36.3 Å². The molecule has 0 aromatic heterocycles. The molecule has 2 aromatic rings. The van der Waals surface area contributed by atoms with E-state index in [9.17, 15) is 4.79 Å². The second-order valence-electron chi connectivity index (χ2n) is 7.68. The molecule has 146 valence electrons. The lowest BCUT2D eigenvalue weighted by molar-refractivity contribution is -0.135. The number of amides is 1. The van der Waals surface area contributed by atoms with Crippen molar-refractivity contribution in [1.82, 2.24) is 4.90 Å². The van der Waals surface area contributed by atoms with E-state index in [1.54, 1.807) is 7.11 Å². The first-order valence-electron chi connectivity index (χ1n) is 9.84. The molecule has 1 fully saturated rings. The van der Waals surface area contributed by atoms with Gasteiger partial charge in [-0.05, 0) is 43.0 Å². The zero-order valence-corrected chi connectivity index (χ0v) is 16.4. The first kappa shape index (κ1) is 18.5. The topological polar surface area (TPSA) is 51.1 Å². The molecule has 1 heterocycles. The second kappa shape index (κ2) is 8.05. The predicted molar refractivity (Wildman–Crippen MR) is 108 cm³/mol. The molecule has 0 radical (unpaired) electrons. The number of aryl methyl sites for hydroxylation is 1. The van der Waals surface area contributed by atoms with Gasteiger partial charge in [-0.15, -0.1) is 0 Å². The Hall–Kier alpha value is -2.82. The van der Waals surface area contributed by atoms with Crippen molar-refractivity contribution in [2.45, 2.75) is 38.8 Å². The van der Waals surface area contributed by atoms with Crippen molar-refractivity contribution in [2.75, 3.05) is 13.7 Å². The van der Waals surface area contributed by atoms with E-state index in [0.717, 1.165) is 41.9 Å². The maximum absolute atomic E-state index is 12.8. The van der Waals surface area contributed by atoms with Crippen molar-refractivity contribution < 1.29 is 14.4 Å². The summed E-state index contributed by atoms with van der Waals surface area (Å²) in [5.74, 6) is 1.19. The van der Waals surface area contributed by atoms with Gasteiger partial charge in [0, 0.05) is 18.9 Å². The fourth-order valence-corrected chi connectivity index (χ4v) is 3.50. The van der Waals surface area contributed by atoms with Crippen LogP contribution < -0.4 is 4.74 Å². The molecule has 0 spiro atoms. The highest BCUT2D eigenvalue weighted by molar-refractivity contribution is 6.01. The number of methoxy groups -OCH3 is 1. The van der Waals surface area contributed by atoms with E-state index in [1.165, 1.54) is 5.56 Å². The maximum atomic E-state index is 12.8. The lowest BCUT2D eigenvalue weighted by atomic mass is 10.0. The zero-order chi connectivity index (χ0) is 19.5. The molecular weight excluding hydrogens is 352 g/mol. The van der Waals surface area contributed by atoms with Crippen molar-refractivity contribution in [1.29, 1.82) is 0 Å². The molecule has 4 rings (SSSR count). The summed E-state index contributed by atoms with van der Waals surface area (Å²) >= 11 is 0. The van der Waals surface area contributed by atoms with Gasteiger partial charge in [-0.1, -0.05) is 47.1 Å². The lowest BCUT2D eigenvalue weighted by Crippen LogP contribution is -2.38. The molecule has 0 unspecified atom stereocenters. The summed E-state index contributed by atoms with van der Waals surface area (Å²) in [6.45, 7) is 3.18. The van der Waals surface area contributed by atoms with E-state index < -0.39 is 0 Å². The third kappa shape index (κ3) is 4.35. The van der Waals surface area contributed by atoms with Gasteiger partial charge in [0.1, 0.15) is 5.75 Å². The molecule has 1 aliphatic carbocycles. The number of nitrogens with zero attached hydrogens (tertiary/aromatic N) is 2. The minimum Gasteiger partial charge on any atom is -0.497 e. The van der Waals surface area contributed by atoms with E-state index >= 15 is 0 Å². The third-order valence-electron chi connectivity index (χ3n) is 5.29. The SMILES string of the molecule is COc1cccc(CN(C[C@@H]2CC(c3ccc(C)cc3)=NO2)C(=O)C2CC2)c1. The number of carbonyl (C=O) groups is 1. The summed E-state index contributed by atoms with van der Waals surface area (Å²) in [6.07, 6.45) is 2.59. The van der Waals surface area contributed by atoms with E-state index in [4.69, 9.17) is 9.57 Å². The fourth-order valence-electron chi connectivity index (χ4n) is 3.50. The summed E-state index contributed by atoms with van der Waals surface area (Å²) in [5.41, 5.74) is 4.32. The Bertz CT molecular complexity index is 872. The largest absolute Gasteiger partial charge is 0.497 e. The number of carbonyl (C=O) groups excluding carboxylic acids is 1. The highest BCUT2D eigenvalue weighted by atomic mass is 16.6. The van der Waals surface area contributed by atoms with Gasteiger partial charge in [0.15, 0.2) is 6.10 Å². The average Bonchev–Trinajstić information content (AvgIpc) is 3.47. The third-order valence-corrected chi connectivity index (χ3v) is 5.29. The van der Waals surface area contributed by atoms with Crippen molar-refractivity contribution in [2.24, 2.45) is 11.1 Å². The number of rotatable bonds is 7. The minimum absolute atomic E-state index is 0.107. The fraction of sp³-hybridized carbons (Fsp3) is 0.391. The van der Waals surface area contributed by atoms with Gasteiger partial charge in [0.2, 0.25) is 5.91 Å². The number of hydrogen-bond acceptors (Lipinski definition) is 4. The summed E-state index contributed by atoms with van der Waals surface area (Å²) in [5, 5.41) is 4.28. The molecule has 0 bridgehead atoms. The van der Waals surface area contributed by atoms with Gasteiger partial charge in [-0.25, -0.2) is 0 Å². The van der Waals surface area contributed by atoms with Crippen LogP contribution in [0.15, 0.2) is 53.7 Å². The molecule has 2 aliphatic rings. The van der Waals surface area contributed by atoms with Gasteiger partial charge in [-0.2, -0.15) is 0 Å². The highest BCUT2D eigenvalue weighted by Gasteiger charge is 2.35. The van der Waals surface area contributed by atoms with Crippen molar-refractivity contribution in [3.8, 4) is 5.75 Å². The van der Waals surface area contributed by atoms with Crippen LogP contribution in [0.1, 0.15) is 36.0 Å². The molecule has 1 atom stereocenters. The van der Waals surface area contributed by atoms with Crippen molar-refractivity contribution in [3.63, 3.8) is 0 Å². The van der Waals surface area contributed by atoms with Gasteiger partial charge in [0.05, 0.1) is 19.4 Å². The van der Waals surface area contributed by atoms with Crippen LogP contribution in [0.4, 0.5) is 0 Å². The quantitative estimate of drug-likeness (QED) is 0.733. The van der Waals surface area contributed by atoms with E-state index in [1.807, 2.05) is 29.2 Å². The zero-order valence-electron chi connectivity index (χ0n) is 16.4. The monoisotopic (exact) mass is 378 g/mol. The first-order chi connectivity index (χ1) is 13.6. The van der Waals surface area contributed by atoms with Gasteiger partial charge in [-0.3, -0.25) is 4.79 Å². The van der Waals surface area contributed by atoms with Crippen molar-refractivity contribution >= 4 is 11.6 Å². The molecule has 0 saturated heterocycles. The Morgan fingerprint density at radius 1 is 1.21 bits per heavy atom. The van der Waals surface area contributed by atoms with Gasteiger partial charge < -0.3 is 14.5 Å². The Morgan fingerprint density at radius 3 is 2.71 bits per heavy atom. The molecule has 5 heteroatoms. The van der Waals surface area contributed by atoms with Gasteiger partial charge in [0.25, 0.3) is 0 Å². The Kier molecular flexibility index (Phi) is 5.33. The predicted octanol–water partition coefficient (Wildman–Crippen LogP) is 3.94. The van der Waals surface area contributed by atoms with Crippen LogP contribution in [0.3, 0.4) is 0 Å². The molecule has 1 amide bonds. The minimum atomic E-state index is -0.107.